The molecule has 15 rings (SSSR count). The van der Waals surface area contributed by atoms with E-state index in [2.05, 4.69) is 16.4 Å². The number of fused-ring (bicyclic) bond motifs is 6. The third-order valence-electron chi connectivity index (χ3n) is 20.8. The van der Waals surface area contributed by atoms with Gasteiger partial charge in [0.25, 0.3) is 0 Å². The Bertz CT molecular complexity index is 1420. The summed E-state index contributed by atoms with van der Waals surface area (Å²) < 4.78 is 13.4. The van der Waals surface area contributed by atoms with Crippen LogP contribution >= 0.6 is 0 Å². The Morgan fingerprint density at radius 1 is 0.830 bits per heavy atom. The van der Waals surface area contributed by atoms with Gasteiger partial charge < -0.3 is 14.6 Å². The minimum atomic E-state index is -0.234. The fourth-order valence-electron chi connectivity index (χ4n) is 20.3. The van der Waals surface area contributed by atoms with E-state index < -0.39 is 0 Å². The summed E-state index contributed by atoms with van der Waals surface area (Å²) in [5, 5.41) is 11.9. The second-order valence-electron chi connectivity index (χ2n) is 20.7. The van der Waals surface area contributed by atoms with Gasteiger partial charge in [-0.05, 0) is 164 Å². The van der Waals surface area contributed by atoms with Crippen molar-refractivity contribution >= 4 is 0 Å². The predicted octanol–water partition coefficient (Wildman–Crippen LogP) is 6.36. The van der Waals surface area contributed by atoms with Crippen molar-refractivity contribution in [1.29, 1.82) is 0 Å². The van der Waals surface area contributed by atoms with Crippen LogP contribution in [0.3, 0.4) is 0 Å². The SMILES string of the molecule is C=C1[C@H]2CC[C@@]3(C4C[C@@H]5[C@H]6CCC[C@@]5(C4N(CCOCC4C[C@]57CC[C@H]4C[C@H]5[C@]45CCC[C@@H]8[C@H]4CC7C5N4CCO[C@@H]84)C6)[C@@H]3C2)[C@@H]1O. The van der Waals surface area contributed by atoms with Gasteiger partial charge in [0, 0.05) is 49.7 Å². The fraction of sp³-hybridized carbons (Fsp3) is 0.952. The highest BCUT2D eigenvalue weighted by Crippen LogP contribution is 2.84. The van der Waals surface area contributed by atoms with Crippen molar-refractivity contribution < 1.29 is 14.6 Å². The minimum Gasteiger partial charge on any atom is -0.388 e. The van der Waals surface area contributed by atoms with E-state index in [9.17, 15) is 5.11 Å². The van der Waals surface area contributed by atoms with Crippen molar-refractivity contribution in [2.75, 3.05) is 39.5 Å². The smallest absolute Gasteiger partial charge is 0.114 e. The maximum absolute atomic E-state index is 11.9. The van der Waals surface area contributed by atoms with Crippen molar-refractivity contribution in [2.45, 2.75) is 121 Å². The monoisotopic (exact) mass is 640 g/mol. The largest absolute Gasteiger partial charge is 0.388 e. The molecule has 15 aliphatic rings. The number of likely N-dealkylation sites (tertiary alicyclic amines) is 1. The third-order valence-corrected chi connectivity index (χ3v) is 20.8. The number of nitrogens with zero attached hydrogens (tertiary/aromatic N) is 2. The number of hydrogen-bond acceptors (Lipinski definition) is 5. The molecule has 5 unspecified atom stereocenters. The average molecular weight is 641 g/mol. The van der Waals surface area contributed by atoms with Crippen molar-refractivity contribution in [1.82, 2.24) is 9.80 Å². The molecule has 47 heavy (non-hydrogen) atoms. The molecule has 12 saturated carbocycles. The van der Waals surface area contributed by atoms with Gasteiger partial charge in [0.2, 0.25) is 0 Å². The van der Waals surface area contributed by atoms with Gasteiger partial charge >= 0.3 is 0 Å². The molecule has 19 atom stereocenters. The molecule has 5 heteroatoms. The van der Waals surface area contributed by atoms with Crippen LogP contribution < -0.4 is 0 Å². The minimum absolute atomic E-state index is 0.146. The molecule has 14 bridgehead atoms. The Hall–Kier alpha value is -0.460. The summed E-state index contributed by atoms with van der Waals surface area (Å²) in [6.45, 7) is 11.1. The van der Waals surface area contributed by atoms with Gasteiger partial charge in [-0.2, -0.15) is 0 Å². The lowest BCUT2D eigenvalue weighted by atomic mass is 9.41. The van der Waals surface area contributed by atoms with Crippen molar-refractivity contribution in [3.05, 3.63) is 12.2 Å². The van der Waals surface area contributed by atoms with Gasteiger partial charge in [-0.25, -0.2) is 0 Å². The molecule has 0 amide bonds. The zero-order chi connectivity index (χ0) is 30.7. The number of aliphatic hydroxyl groups excluding tert-OH is 1. The molecule has 3 aliphatic heterocycles. The molecule has 0 aromatic rings. The van der Waals surface area contributed by atoms with Crippen LogP contribution in [0.4, 0.5) is 0 Å². The molecule has 4 spiro atoms. The zero-order valence-corrected chi connectivity index (χ0v) is 28.9. The van der Waals surface area contributed by atoms with Gasteiger partial charge in [-0.1, -0.05) is 19.4 Å². The molecule has 0 aromatic carbocycles. The van der Waals surface area contributed by atoms with Crippen LogP contribution in [0, 0.1) is 86.8 Å². The first-order chi connectivity index (χ1) is 23.0. The average Bonchev–Trinajstić information content (AvgIpc) is 3.84. The Morgan fingerprint density at radius 3 is 2.64 bits per heavy atom. The van der Waals surface area contributed by atoms with E-state index in [4.69, 9.17) is 9.47 Å². The molecule has 0 aromatic heterocycles. The lowest BCUT2D eigenvalue weighted by molar-refractivity contribution is -0.194. The normalized spacial score (nSPS) is 64.7. The Kier molecular flexibility index (Phi) is 5.36. The number of piperidine rings is 2. The molecule has 12 aliphatic carbocycles. The van der Waals surface area contributed by atoms with Crippen molar-refractivity contribution in [3.63, 3.8) is 0 Å². The molecular formula is C42H60N2O3. The quantitative estimate of drug-likeness (QED) is 0.280. The van der Waals surface area contributed by atoms with Gasteiger partial charge in [0.15, 0.2) is 0 Å². The Labute approximate surface area is 282 Å². The molecular weight excluding hydrogens is 580 g/mol. The first-order valence-corrected chi connectivity index (χ1v) is 21.1. The number of hydrogen-bond donors (Lipinski definition) is 1. The maximum Gasteiger partial charge on any atom is 0.114 e. The lowest BCUT2D eigenvalue weighted by Gasteiger charge is -2.65. The highest BCUT2D eigenvalue weighted by Gasteiger charge is 2.82. The van der Waals surface area contributed by atoms with Crippen LogP contribution in [0.15, 0.2) is 12.2 Å². The summed E-state index contributed by atoms with van der Waals surface area (Å²) in [6.07, 6.45) is 21.9. The predicted molar refractivity (Wildman–Crippen MR) is 179 cm³/mol. The van der Waals surface area contributed by atoms with Crippen LogP contribution in [0.1, 0.15) is 96.3 Å². The first-order valence-electron chi connectivity index (χ1n) is 21.1. The van der Waals surface area contributed by atoms with Crippen molar-refractivity contribution in [3.8, 4) is 0 Å². The van der Waals surface area contributed by atoms with Crippen LogP contribution in [-0.2, 0) is 9.47 Å². The summed E-state index contributed by atoms with van der Waals surface area (Å²) in [5.74, 6) is 9.33. The zero-order valence-electron chi connectivity index (χ0n) is 28.9. The van der Waals surface area contributed by atoms with E-state index >= 15 is 0 Å². The highest BCUT2D eigenvalue weighted by molar-refractivity contribution is 5.36. The second-order valence-corrected chi connectivity index (χ2v) is 20.7. The van der Waals surface area contributed by atoms with Crippen LogP contribution in [0.25, 0.3) is 0 Å². The summed E-state index contributed by atoms with van der Waals surface area (Å²) in [4.78, 5) is 5.95. The van der Waals surface area contributed by atoms with Crippen LogP contribution in [-0.4, -0.2) is 78.8 Å². The maximum atomic E-state index is 11.9. The van der Waals surface area contributed by atoms with Crippen LogP contribution in [0.5, 0.6) is 0 Å². The van der Waals surface area contributed by atoms with Gasteiger partial charge in [0.05, 0.1) is 19.3 Å². The van der Waals surface area contributed by atoms with E-state index in [1.807, 2.05) is 0 Å². The fourth-order valence-corrected chi connectivity index (χ4v) is 20.3. The number of rotatable bonds is 5. The molecule has 3 heterocycles. The molecule has 5 nitrogen and oxygen atoms in total. The summed E-state index contributed by atoms with van der Waals surface area (Å²) in [5.41, 5.74) is 3.10. The van der Waals surface area contributed by atoms with E-state index in [0.29, 0.717) is 40.4 Å². The van der Waals surface area contributed by atoms with Gasteiger partial charge in [-0.15, -0.1) is 0 Å². The summed E-state index contributed by atoms with van der Waals surface area (Å²) in [6, 6.07) is 1.55. The first kappa shape index (κ1) is 28.2. The topological polar surface area (TPSA) is 45.2 Å². The van der Waals surface area contributed by atoms with E-state index in [0.717, 1.165) is 85.7 Å². The summed E-state index contributed by atoms with van der Waals surface area (Å²) in [7, 11) is 0. The number of ether oxygens (including phenoxy) is 2. The highest BCUT2D eigenvalue weighted by atomic mass is 16.5. The number of aliphatic hydroxyl groups is 1. The molecule has 3 saturated heterocycles. The van der Waals surface area contributed by atoms with Gasteiger partial charge in [-0.3, -0.25) is 9.80 Å². The lowest BCUT2D eigenvalue weighted by Crippen LogP contribution is -2.63. The molecule has 1 N–H and O–H groups in total. The molecule has 256 valence electrons. The second kappa shape index (κ2) is 8.94. The Balaban J connectivity index is 0.736. The standard InChI is InChI=1S/C42H60N2O3/c1-23-24-7-11-42(37(23)45)32-18-29-26-4-2-8-40(29,34(42)16-24)35(32)43(21-26)12-14-46-22-27-20-39-10-6-25(27)17-33(39)41-9-3-5-28-30(41)19-31(39)36(41)44-13-15-47-38(28)44/h24-38,45H,1-22H2/t24-,25-,26-,27?,28+,29+,30+,31?,32?,33+,34-,35?,36?,37+,38-,39-,40-,41-,42-/m0/s1. The van der Waals surface area contributed by atoms with E-state index in [1.54, 1.807) is 0 Å². The third kappa shape index (κ3) is 2.87. The van der Waals surface area contributed by atoms with Crippen molar-refractivity contribution in [2.24, 2.45) is 86.8 Å². The molecule has 0 radical (unpaired) electrons. The summed E-state index contributed by atoms with van der Waals surface area (Å²) >= 11 is 0. The van der Waals surface area contributed by atoms with E-state index in [1.165, 1.54) is 115 Å². The molecule has 15 fully saturated rings. The van der Waals surface area contributed by atoms with E-state index in [-0.39, 0.29) is 11.5 Å². The van der Waals surface area contributed by atoms with Crippen LogP contribution in [0.2, 0.25) is 0 Å². The van der Waals surface area contributed by atoms with Gasteiger partial charge in [0.1, 0.15) is 6.23 Å². The Morgan fingerprint density at radius 2 is 1.70 bits per heavy atom.